The van der Waals surface area contributed by atoms with Crippen LogP contribution < -0.4 is 14.9 Å². The molecule has 8 nitrogen and oxygen atoms in total. The van der Waals surface area contributed by atoms with E-state index in [1.54, 1.807) is 23.0 Å². The molecule has 5 rings (SSSR count). The van der Waals surface area contributed by atoms with Crippen molar-refractivity contribution in [3.8, 4) is 0 Å². The lowest BCUT2D eigenvalue weighted by Crippen LogP contribution is -2.26. The van der Waals surface area contributed by atoms with Gasteiger partial charge in [-0.25, -0.2) is 13.4 Å². The molecule has 2 aromatic heterocycles. The average Bonchev–Trinajstić information content (AvgIpc) is 3.30. The van der Waals surface area contributed by atoms with Crippen molar-refractivity contribution in [3.63, 3.8) is 0 Å². The Morgan fingerprint density at radius 3 is 2.49 bits per heavy atom. The zero-order valence-electron chi connectivity index (χ0n) is 21.5. The molecule has 1 aliphatic heterocycles. The maximum atomic E-state index is 13.5. The van der Waals surface area contributed by atoms with Gasteiger partial charge in [0.05, 0.1) is 24.1 Å². The van der Waals surface area contributed by atoms with Gasteiger partial charge in [-0.15, -0.1) is 0 Å². The number of anilines is 3. The van der Waals surface area contributed by atoms with Gasteiger partial charge in [0.2, 0.25) is 16.0 Å². The molecule has 1 aliphatic rings. The van der Waals surface area contributed by atoms with Crippen molar-refractivity contribution in [3.05, 3.63) is 77.6 Å². The lowest BCUT2D eigenvalue weighted by atomic mass is 9.90. The molecule has 0 spiro atoms. The molecular formula is C27H29F3N6O2S. The van der Waals surface area contributed by atoms with E-state index in [0.717, 1.165) is 54.3 Å². The van der Waals surface area contributed by atoms with E-state index in [-0.39, 0.29) is 17.8 Å². The fourth-order valence-electron chi connectivity index (χ4n) is 4.84. The van der Waals surface area contributed by atoms with Gasteiger partial charge in [0, 0.05) is 30.5 Å². The fraction of sp³-hybridized carbons (Fsp3) is 0.333. The molecule has 0 atom stereocenters. The second-order valence-electron chi connectivity index (χ2n) is 9.76. The van der Waals surface area contributed by atoms with Gasteiger partial charge in [0.1, 0.15) is 5.65 Å². The van der Waals surface area contributed by atoms with Crippen molar-refractivity contribution in [2.45, 2.75) is 31.5 Å². The third kappa shape index (κ3) is 6.01. The molecule has 4 aromatic rings. The van der Waals surface area contributed by atoms with Crippen LogP contribution in [0.1, 0.15) is 35.4 Å². The van der Waals surface area contributed by atoms with Crippen LogP contribution in [0.3, 0.4) is 0 Å². The Bertz CT molecular complexity index is 1580. The Balaban J connectivity index is 1.43. The van der Waals surface area contributed by atoms with E-state index in [4.69, 9.17) is 0 Å². The minimum Gasteiger partial charge on any atom is -0.328 e. The maximum Gasteiger partial charge on any atom is 0.416 e. The smallest absolute Gasteiger partial charge is 0.328 e. The summed E-state index contributed by atoms with van der Waals surface area (Å²) < 4.78 is 67.5. The number of nitrogens with zero attached hydrogens (tertiary/aromatic N) is 4. The number of rotatable bonds is 7. The quantitative estimate of drug-likeness (QED) is 0.328. The summed E-state index contributed by atoms with van der Waals surface area (Å²) in [4.78, 5) is 8.99. The molecule has 206 valence electrons. The molecule has 0 unspecified atom stereocenters. The highest BCUT2D eigenvalue weighted by atomic mass is 32.2. The summed E-state index contributed by atoms with van der Waals surface area (Å²) in [5, 5.41) is 7.28. The average molecular weight is 559 g/mol. The molecule has 0 bridgehead atoms. The number of hydrogen-bond donors (Lipinski definition) is 2. The standard InChI is InChI=1S/C27H29F3N6O2S/c1-35(39(2,37)38)24-8-5-22(27(28,29)30)15-21(24)17-36-14-11-20-16-32-26(34-25(20)36)33-23-6-3-18(4-7-23)19-9-12-31-13-10-19/h3-8,11,14-16,19,31H,9-10,12-13,17H2,1-2H3,(H,32,33,34). The fourth-order valence-corrected chi connectivity index (χ4v) is 5.37. The Labute approximate surface area is 224 Å². The van der Waals surface area contributed by atoms with Crippen LogP contribution in [0.4, 0.5) is 30.5 Å². The van der Waals surface area contributed by atoms with Gasteiger partial charge in [-0.05, 0) is 79.4 Å². The molecule has 0 amide bonds. The number of hydrogen-bond acceptors (Lipinski definition) is 6. The highest BCUT2D eigenvalue weighted by Gasteiger charge is 2.32. The first kappa shape index (κ1) is 26.9. The second kappa shape index (κ2) is 10.5. The summed E-state index contributed by atoms with van der Waals surface area (Å²) >= 11 is 0. The van der Waals surface area contributed by atoms with Crippen molar-refractivity contribution in [1.82, 2.24) is 19.9 Å². The number of benzene rings is 2. The Morgan fingerprint density at radius 1 is 1.10 bits per heavy atom. The Kier molecular flexibility index (Phi) is 7.25. The first-order valence-electron chi connectivity index (χ1n) is 12.5. The predicted octanol–water partition coefficient (Wildman–Crippen LogP) is 5.10. The zero-order valence-corrected chi connectivity index (χ0v) is 22.4. The topological polar surface area (TPSA) is 92.2 Å². The van der Waals surface area contributed by atoms with Crippen molar-refractivity contribution < 1.29 is 21.6 Å². The number of fused-ring (bicyclic) bond motifs is 1. The molecular weight excluding hydrogens is 529 g/mol. The van der Waals surface area contributed by atoms with Crippen LogP contribution in [0.15, 0.2) is 60.9 Å². The molecule has 1 saturated heterocycles. The van der Waals surface area contributed by atoms with Crippen LogP contribution in [0, 0.1) is 0 Å². The van der Waals surface area contributed by atoms with Gasteiger partial charge in [0.25, 0.3) is 0 Å². The molecule has 0 saturated carbocycles. The van der Waals surface area contributed by atoms with Crippen molar-refractivity contribution in [1.29, 1.82) is 0 Å². The van der Waals surface area contributed by atoms with E-state index in [9.17, 15) is 21.6 Å². The monoisotopic (exact) mass is 558 g/mol. The van der Waals surface area contributed by atoms with E-state index in [1.165, 1.54) is 18.7 Å². The normalized spacial score (nSPS) is 15.0. The molecule has 3 heterocycles. The van der Waals surface area contributed by atoms with Gasteiger partial charge >= 0.3 is 6.18 Å². The van der Waals surface area contributed by atoms with Crippen LogP contribution in [0.2, 0.25) is 0 Å². The van der Waals surface area contributed by atoms with Crippen LogP contribution in [-0.2, 0) is 22.7 Å². The number of aromatic nitrogens is 3. The lowest BCUT2D eigenvalue weighted by Gasteiger charge is -2.23. The van der Waals surface area contributed by atoms with Crippen molar-refractivity contribution in [2.24, 2.45) is 0 Å². The highest BCUT2D eigenvalue weighted by molar-refractivity contribution is 7.92. The highest BCUT2D eigenvalue weighted by Crippen LogP contribution is 2.34. The Morgan fingerprint density at radius 2 is 1.82 bits per heavy atom. The summed E-state index contributed by atoms with van der Waals surface area (Å²) in [6.07, 6.45) is 1.98. The zero-order chi connectivity index (χ0) is 27.8. The van der Waals surface area contributed by atoms with Crippen LogP contribution in [0.5, 0.6) is 0 Å². The number of sulfonamides is 1. The number of nitrogens with one attached hydrogen (secondary N) is 2. The summed E-state index contributed by atoms with van der Waals surface area (Å²) in [7, 11) is -2.38. The minimum atomic E-state index is -4.57. The van der Waals surface area contributed by atoms with E-state index in [1.807, 2.05) is 12.1 Å². The summed E-state index contributed by atoms with van der Waals surface area (Å²) in [6, 6.07) is 13.0. The maximum absolute atomic E-state index is 13.5. The van der Waals surface area contributed by atoms with Gasteiger partial charge in [-0.1, -0.05) is 12.1 Å². The second-order valence-corrected chi connectivity index (χ2v) is 11.8. The molecule has 0 radical (unpaired) electrons. The molecule has 39 heavy (non-hydrogen) atoms. The summed E-state index contributed by atoms with van der Waals surface area (Å²) in [5.41, 5.74) is 2.11. The molecule has 2 N–H and O–H groups in total. The number of halogens is 3. The van der Waals surface area contributed by atoms with Gasteiger partial charge < -0.3 is 15.2 Å². The summed E-state index contributed by atoms with van der Waals surface area (Å²) in [5.74, 6) is 0.883. The minimum absolute atomic E-state index is 0.0238. The molecule has 2 aromatic carbocycles. The van der Waals surface area contributed by atoms with Crippen molar-refractivity contribution in [2.75, 3.05) is 36.0 Å². The van der Waals surface area contributed by atoms with Gasteiger partial charge in [-0.3, -0.25) is 4.31 Å². The van der Waals surface area contributed by atoms with Crippen LogP contribution in [-0.4, -0.2) is 49.3 Å². The number of alkyl halides is 3. The Hall–Kier alpha value is -3.64. The first-order chi connectivity index (χ1) is 18.5. The molecule has 0 aliphatic carbocycles. The van der Waals surface area contributed by atoms with Crippen LogP contribution >= 0.6 is 0 Å². The first-order valence-corrected chi connectivity index (χ1v) is 14.4. The molecule has 1 fully saturated rings. The SMILES string of the molecule is CN(c1ccc(C(F)(F)F)cc1Cn1ccc2cnc(Nc3ccc(C4CCNCC4)cc3)nc21)S(C)(=O)=O. The van der Waals surface area contributed by atoms with Gasteiger partial charge in [0.15, 0.2) is 0 Å². The van der Waals surface area contributed by atoms with E-state index < -0.39 is 21.8 Å². The molecule has 12 heteroatoms. The van der Waals surface area contributed by atoms with E-state index in [2.05, 4.69) is 32.7 Å². The van der Waals surface area contributed by atoms with Gasteiger partial charge in [-0.2, -0.15) is 18.2 Å². The van der Waals surface area contributed by atoms with E-state index in [0.29, 0.717) is 22.9 Å². The van der Waals surface area contributed by atoms with Crippen molar-refractivity contribution >= 4 is 38.4 Å². The third-order valence-corrected chi connectivity index (χ3v) is 8.26. The van der Waals surface area contributed by atoms with E-state index >= 15 is 0 Å². The third-order valence-electron chi connectivity index (χ3n) is 7.06. The largest absolute Gasteiger partial charge is 0.416 e. The number of piperidine rings is 1. The summed E-state index contributed by atoms with van der Waals surface area (Å²) in [6.45, 7) is 2.01. The predicted molar refractivity (Wildman–Crippen MR) is 146 cm³/mol. The van der Waals surface area contributed by atoms with Crippen LogP contribution in [0.25, 0.3) is 11.0 Å². The lowest BCUT2D eigenvalue weighted by molar-refractivity contribution is -0.137.